The van der Waals surface area contributed by atoms with Crippen molar-refractivity contribution >= 4 is 33.3 Å². The summed E-state index contributed by atoms with van der Waals surface area (Å²) in [5, 5.41) is 13.4. The normalized spacial score (nSPS) is 11.3. The van der Waals surface area contributed by atoms with Gasteiger partial charge in [0, 0.05) is 23.6 Å². The van der Waals surface area contributed by atoms with Gasteiger partial charge in [0.05, 0.1) is 5.56 Å². The second-order valence-corrected chi connectivity index (χ2v) is 6.98. The summed E-state index contributed by atoms with van der Waals surface area (Å²) < 4.78 is 2.15. The van der Waals surface area contributed by atoms with Gasteiger partial charge in [-0.1, -0.05) is 50.3 Å². The molecule has 1 aromatic carbocycles. The Morgan fingerprint density at radius 2 is 2.09 bits per heavy atom. The number of hydrogen-bond donors (Lipinski definition) is 1. The van der Waals surface area contributed by atoms with Crippen molar-refractivity contribution in [3.63, 3.8) is 0 Å². The molecule has 3 rings (SSSR count). The fraction of sp³-hybridized carbons (Fsp3) is 0.353. The lowest BCUT2D eigenvalue weighted by molar-refractivity contribution is 0.102. The molecule has 0 fully saturated rings. The zero-order valence-electron chi connectivity index (χ0n) is 13.5. The van der Waals surface area contributed by atoms with Crippen molar-refractivity contribution in [3.05, 3.63) is 41.0 Å². The fourth-order valence-corrected chi connectivity index (χ4v) is 3.26. The molecule has 0 spiro atoms. The molecule has 1 N–H and O–H groups in total. The zero-order chi connectivity index (χ0) is 16.4. The van der Waals surface area contributed by atoms with E-state index in [0.29, 0.717) is 16.6 Å². The molecule has 0 aliphatic carbocycles. The Balaban J connectivity index is 1.93. The lowest BCUT2D eigenvalue weighted by Crippen LogP contribution is -2.11. The number of amides is 1. The van der Waals surface area contributed by atoms with E-state index in [0.717, 1.165) is 28.9 Å². The molecule has 120 valence electrons. The van der Waals surface area contributed by atoms with E-state index < -0.39 is 0 Å². The number of rotatable bonds is 5. The number of hydrogen-bond acceptors (Lipinski definition) is 4. The molecule has 0 saturated heterocycles. The van der Waals surface area contributed by atoms with Gasteiger partial charge in [0.25, 0.3) is 5.91 Å². The van der Waals surface area contributed by atoms with Crippen LogP contribution in [0.25, 0.3) is 10.9 Å². The van der Waals surface area contributed by atoms with Crippen molar-refractivity contribution in [2.75, 3.05) is 5.32 Å². The number of aryl methyl sites for hydroxylation is 1. The van der Waals surface area contributed by atoms with E-state index in [4.69, 9.17) is 0 Å². The van der Waals surface area contributed by atoms with Gasteiger partial charge in [-0.3, -0.25) is 10.1 Å². The Morgan fingerprint density at radius 1 is 1.30 bits per heavy atom. The van der Waals surface area contributed by atoms with Crippen LogP contribution < -0.4 is 5.32 Å². The molecule has 0 atom stereocenters. The van der Waals surface area contributed by atoms with Gasteiger partial charge in [-0.25, -0.2) is 0 Å². The van der Waals surface area contributed by atoms with Gasteiger partial charge in [0.15, 0.2) is 0 Å². The molecule has 2 aromatic heterocycles. The summed E-state index contributed by atoms with van der Waals surface area (Å²) in [6, 6.07) is 7.99. The summed E-state index contributed by atoms with van der Waals surface area (Å²) in [5.74, 6) is 0.375. The van der Waals surface area contributed by atoms with Crippen LogP contribution in [-0.4, -0.2) is 20.7 Å². The van der Waals surface area contributed by atoms with Crippen molar-refractivity contribution in [1.29, 1.82) is 0 Å². The average molecular weight is 328 g/mol. The van der Waals surface area contributed by atoms with Crippen LogP contribution in [0, 0.1) is 5.92 Å². The second-order valence-electron chi connectivity index (χ2n) is 5.91. The third-order valence-electron chi connectivity index (χ3n) is 3.58. The maximum atomic E-state index is 12.6. The minimum atomic E-state index is -0.137. The molecule has 3 aromatic rings. The van der Waals surface area contributed by atoms with E-state index >= 15 is 0 Å². The van der Waals surface area contributed by atoms with Crippen LogP contribution in [0.5, 0.6) is 0 Å². The van der Waals surface area contributed by atoms with Crippen LogP contribution >= 0.6 is 11.3 Å². The monoisotopic (exact) mass is 328 g/mol. The summed E-state index contributed by atoms with van der Waals surface area (Å²) in [6.45, 7) is 7.24. The van der Waals surface area contributed by atoms with Crippen molar-refractivity contribution in [2.45, 2.75) is 33.7 Å². The van der Waals surface area contributed by atoms with Gasteiger partial charge >= 0.3 is 0 Å². The van der Waals surface area contributed by atoms with Gasteiger partial charge in [-0.05, 0) is 18.4 Å². The van der Waals surface area contributed by atoms with Gasteiger partial charge in [-0.15, -0.1) is 10.2 Å². The smallest absolute Gasteiger partial charge is 0.259 e. The Bertz CT molecular complexity index is 834. The highest BCUT2D eigenvalue weighted by Gasteiger charge is 2.17. The minimum Gasteiger partial charge on any atom is -0.346 e. The van der Waals surface area contributed by atoms with Gasteiger partial charge in [-0.2, -0.15) is 0 Å². The topological polar surface area (TPSA) is 59.8 Å². The molecule has 0 radical (unpaired) electrons. The van der Waals surface area contributed by atoms with Gasteiger partial charge < -0.3 is 4.57 Å². The highest BCUT2D eigenvalue weighted by molar-refractivity contribution is 7.15. The van der Waals surface area contributed by atoms with E-state index in [1.54, 1.807) is 0 Å². The molecular formula is C17H20N4OS. The Labute approximate surface area is 139 Å². The first kappa shape index (κ1) is 15.7. The maximum Gasteiger partial charge on any atom is 0.259 e. The quantitative estimate of drug-likeness (QED) is 0.771. The number of fused-ring (bicyclic) bond motifs is 1. The van der Waals surface area contributed by atoms with E-state index in [-0.39, 0.29) is 5.91 Å². The second kappa shape index (κ2) is 6.50. The fourth-order valence-electron chi connectivity index (χ4n) is 2.58. The molecule has 0 saturated carbocycles. The highest BCUT2D eigenvalue weighted by Crippen LogP contribution is 2.24. The minimum absolute atomic E-state index is 0.137. The van der Waals surface area contributed by atoms with E-state index in [2.05, 4.69) is 40.0 Å². The van der Waals surface area contributed by atoms with Crippen molar-refractivity contribution < 1.29 is 4.79 Å². The van der Waals surface area contributed by atoms with E-state index in [1.165, 1.54) is 11.3 Å². The molecule has 2 heterocycles. The molecule has 0 unspecified atom stereocenters. The van der Waals surface area contributed by atoms with Crippen LogP contribution in [0.2, 0.25) is 0 Å². The number of nitrogens with one attached hydrogen (secondary N) is 1. The molecule has 1 amide bonds. The molecule has 23 heavy (non-hydrogen) atoms. The summed E-state index contributed by atoms with van der Waals surface area (Å²) in [5.41, 5.74) is 1.76. The number of carbonyl (C=O) groups excluding carboxylic acids is 1. The van der Waals surface area contributed by atoms with E-state index in [9.17, 15) is 4.79 Å². The van der Waals surface area contributed by atoms with Crippen molar-refractivity contribution in [3.8, 4) is 0 Å². The SMILES string of the molecule is CCc1nnc(NC(=O)c2cn(CC(C)C)c3ccccc23)s1. The van der Waals surface area contributed by atoms with Crippen LogP contribution in [-0.2, 0) is 13.0 Å². The van der Waals surface area contributed by atoms with Crippen LogP contribution in [0.1, 0.15) is 36.1 Å². The largest absolute Gasteiger partial charge is 0.346 e. The molecule has 5 nitrogen and oxygen atoms in total. The Morgan fingerprint density at radius 3 is 2.78 bits per heavy atom. The third-order valence-corrected chi connectivity index (χ3v) is 4.57. The summed E-state index contributed by atoms with van der Waals surface area (Å²) in [4.78, 5) is 12.6. The maximum absolute atomic E-state index is 12.6. The Hall–Kier alpha value is -2.21. The standard InChI is InChI=1S/C17H20N4OS/c1-4-15-19-20-17(23-15)18-16(22)13-10-21(9-11(2)3)14-8-6-5-7-12(13)14/h5-8,10-11H,4,9H2,1-3H3,(H,18,20,22). The number of nitrogens with zero attached hydrogens (tertiary/aromatic N) is 3. The lowest BCUT2D eigenvalue weighted by atomic mass is 10.1. The highest BCUT2D eigenvalue weighted by atomic mass is 32.1. The number of benzene rings is 1. The number of anilines is 1. The summed E-state index contributed by atoms with van der Waals surface area (Å²) in [6.07, 6.45) is 2.75. The molecule has 0 aliphatic rings. The van der Waals surface area contributed by atoms with Crippen LogP contribution in [0.15, 0.2) is 30.5 Å². The van der Waals surface area contributed by atoms with Gasteiger partial charge in [0.1, 0.15) is 5.01 Å². The first-order valence-electron chi connectivity index (χ1n) is 7.80. The summed E-state index contributed by atoms with van der Waals surface area (Å²) in [7, 11) is 0. The first-order chi connectivity index (χ1) is 11.1. The molecular weight excluding hydrogens is 308 g/mol. The predicted molar refractivity (Wildman–Crippen MR) is 94.0 cm³/mol. The summed E-state index contributed by atoms with van der Waals surface area (Å²) >= 11 is 1.42. The Kier molecular flexibility index (Phi) is 4.43. The number of carbonyl (C=O) groups is 1. The first-order valence-corrected chi connectivity index (χ1v) is 8.61. The number of aromatic nitrogens is 3. The molecule has 0 aliphatic heterocycles. The van der Waals surface area contributed by atoms with Crippen LogP contribution in [0.3, 0.4) is 0 Å². The molecule has 0 bridgehead atoms. The van der Waals surface area contributed by atoms with Crippen molar-refractivity contribution in [2.24, 2.45) is 5.92 Å². The third kappa shape index (κ3) is 3.27. The van der Waals surface area contributed by atoms with Crippen LogP contribution in [0.4, 0.5) is 5.13 Å². The predicted octanol–water partition coefficient (Wildman–Crippen LogP) is 3.96. The zero-order valence-corrected chi connectivity index (χ0v) is 14.4. The lowest BCUT2D eigenvalue weighted by Gasteiger charge is -2.07. The van der Waals surface area contributed by atoms with Crippen molar-refractivity contribution in [1.82, 2.24) is 14.8 Å². The molecule has 6 heteroatoms. The average Bonchev–Trinajstić information content (AvgIpc) is 3.12. The number of para-hydroxylation sites is 1. The van der Waals surface area contributed by atoms with Gasteiger partial charge in [0.2, 0.25) is 5.13 Å². The van der Waals surface area contributed by atoms with E-state index in [1.807, 2.05) is 31.3 Å².